The summed E-state index contributed by atoms with van der Waals surface area (Å²) in [5, 5.41) is 0. The normalized spacial score (nSPS) is 21.6. The molecule has 0 radical (unpaired) electrons. The highest BCUT2D eigenvalue weighted by molar-refractivity contribution is 6.35. The van der Waals surface area contributed by atoms with Crippen LogP contribution in [0.4, 0.5) is 0 Å². The van der Waals surface area contributed by atoms with Crippen LogP contribution in [-0.2, 0) is 0 Å². The molecule has 1 fully saturated rings. The molecule has 0 aliphatic heterocycles. The van der Waals surface area contributed by atoms with Crippen molar-refractivity contribution >= 4 is 17.3 Å². The molecule has 0 amide bonds. The number of rotatable bonds is 3. The van der Waals surface area contributed by atoms with Gasteiger partial charge in [-0.05, 0) is 12.5 Å². The fourth-order valence-corrected chi connectivity index (χ4v) is 4.84. The molecule has 5 rings (SSSR count). The maximum atomic E-state index is 13.4. The van der Waals surface area contributed by atoms with Gasteiger partial charge in [0.05, 0.1) is 5.92 Å². The van der Waals surface area contributed by atoms with Gasteiger partial charge >= 0.3 is 0 Å². The van der Waals surface area contributed by atoms with Gasteiger partial charge in [0.1, 0.15) is 5.41 Å². The van der Waals surface area contributed by atoms with E-state index in [0.717, 1.165) is 11.1 Å². The molecule has 3 heteroatoms. The van der Waals surface area contributed by atoms with Crippen molar-refractivity contribution in [2.45, 2.75) is 12.8 Å². The molecule has 2 aliphatic carbocycles. The molecule has 1 saturated carbocycles. The van der Waals surface area contributed by atoms with E-state index in [0.29, 0.717) is 16.7 Å². The molecule has 3 aromatic carbocycles. The van der Waals surface area contributed by atoms with Crippen LogP contribution in [0.5, 0.6) is 0 Å². The van der Waals surface area contributed by atoms with Gasteiger partial charge in [-0.15, -0.1) is 0 Å². The van der Waals surface area contributed by atoms with E-state index in [-0.39, 0.29) is 17.3 Å². The zero-order valence-corrected chi connectivity index (χ0v) is 15.4. The molecule has 28 heavy (non-hydrogen) atoms. The number of carbonyl (C=O) groups is 3. The first-order valence-electron chi connectivity index (χ1n) is 9.41. The summed E-state index contributed by atoms with van der Waals surface area (Å²) >= 11 is 0. The molecule has 0 aromatic heterocycles. The minimum absolute atomic E-state index is 0.137. The monoisotopic (exact) mass is 366 g/mol. The Labute approximate surface area is 163 Å². The molecule has 0 bridgehead atoms. The Morgan fingerprint density at radius 3 is 2.00 bits per heavy atom. The third-order valence-electron chi connectivity index (χ3n) is 6.12. The zero-order chi connectivity index (χ0) is 19.5. The van der Waals surface area contributed by atoms with Crippen LogP contribution in [0.3, 0.4) is 0 Å². The number of hydrogen-bond donors (Lipinski definition) is 0. The fourth-order valence-electron chi connectivity index (χ4n) is 4.84. The zero-order valence-electron chi connectivity index (χ0n) is 15.4. The highest BCUT2D eigenvalue weighted by Crippen LogP contribution is 2.70. The summed E-state index contributed by atoms with van der Waals surface area (Å²) in [6.07, 6.45) is 0. The maximum absolute atomic E-state index is 13.4. The Bertz CT molecular complexity index is 1110. The van der Waals surface area contributed by atoms with E-state index in [1.54, 1.807) is 48.5 Å². The lowest BCUT2D eigenvalue weighted by atomic mass is 9.91. The van der Waals surface area contributed by atoms with Gasteiger partial charge in [-0.1, -0.05) is 84.4 Å². The fraction of sp³-hybridized carbons (Fsp3) is 0.160. The minimum Gasteiger partial charge on any atom is -0.294 e. The molecule has 2 aliphatic rings. The number of carbonyl (C=O) groups excluding carboxylic acids is 3. The number of ketones is 3. The van der Waals surface area contributed by atoms with Crippen molar-refractivity contribution in [3.05, 3.63) is 107 Å². The molecule has 136 valence electrons. The van der Waals surface area contributed by atoms with Crippen LogP contribution in [0, 0.1) is 18.3 Å². The van der Waals surface area contributed by atoms with Gasteiger partial charge in [-0.3, -0.25) is 14.4 Å². The van der Waals surface area contributed by atoms with Crippen molar-refractivity contribution in [3.8, 4) is 0 Å². The van der Waals surface area contributed by atoms with E-state index in [1.165, 1.54) is 0 Å². The maximum Gasteiger partial charge on any atom is 0.178 e. The van der Waals surface area contributed by atoms with Gasteiger partial charge in [0.25, 0.3) is 0 Å². The summed E-state index contributed by atoms with van der Waals surface area (Å²) < 4.78 is 0. The van der Waals surface area contributed by atoms with E-state index >= 15 is 0 Å². The van der Waals surface area contributed by atoms with Crippen LogP contribution < -0.4 is 0 Å². The Kier molecular flexibility index (Phi) is 3.50. The Hall–Kier alpha value is -3.33. The highest BCUT2D eigenvalue weighted by atomic mass is 16.2. The summed E-state index contributed by atoms with van der Waals surface area (Å²) in [5.41, 5.74) is 2.04. The second kappa shape index (κ2) is 5.83. The first-order chi connectivity index (χ1) is 13.6. The lowest BCUT2D eigenvalue weighted by Gasteiger charge is -2.07. The van der Waals surface area contributed by atoms with Gasteiger partial charge in [0, 0.05) is 22.6 Å². The topological polar surface area (TPSA) is 51.2 Å². The summed E-state index contributed by atoms with van der Waals surface area (Å²) in [6, 6.07) is 23.7. The number of Topliss-reactive ketones (excluding diaryl/α,β-unsaturated/α-hetero) is 3. The first-order valence-corrected chi connectivity index (χ1v) is 9.41. The van der Waals surface area contributed by atoms with Crippen LogP contribution in [-0.4, -0.2) is 17.3 Å². The van der Waals surface area contributed by atoms with Crippen LogP contribution in [0.1, 0.15) is 48.1 Å². The predicted molar refractivity (Wildman–Crippen MR) is 106 cm³/mol. The van der Waals surface area contributed by atoms with Gasteiger partial charge in [-0.2, -0.15) is 0 Å². The van der Waals surface area contributed by atoms with Crippen LogP contribution in [0.25, 0.3) is 0 Å². The Balaban J connectivity index is 1.68. The molecule has 0 heterocycles. The second-order valence-electron chi connectivity index (χ2n) is 7.67. The molecular formula is C25H18O3. The lowest BCUT2D eigenvalue weighted by molar-refractivity contribution is 0.0764. The number of benzene rings is 3. The van der Waals surface area contributed by atoms with Crippen LogP contribution in [0.2, 0.25) is 0 Å². The number of fused-ring (bicyclic) bond motifs is 1. The number of aryl methyl sites for hydroxylation is 1. The largest absolute Gasteiger partial charge is 0.294 e. The standard InChI is InChI=1S/C25H18O3/c1-15-8-7-11-17(14-15)20-21(22(26)16-9-3-2-4-10-16)25(20)23(27)18-12-5-6-13-19(18)24(25)28/h2-14,20-21H,1H3/t20-,21+/m0/s1. The van der Waals surface area contributed by atoms with E-state index in [9.17, 15) is 14.4 Å². The smallest absolute Gasteiger partial charge is 0.178 e. The molecule has 3 nitrogen and oxygen atoms in total. The molecule has 1 spiro atoms. The van der Waals surface area contributed by atoms with E-state index in [1.807, 2.05) is 37.3 Å². The van der Waals surface area contributed by atoms with Crippen molar-refractivity contribution in [2.24, 2.45) is 11.3 Å². The molecule has 0 unspecified atom stereocenters. The molecule has 2 atom stereocenters. The summed E-state index contributed by atoms with van der Waals surface area (Å²) in [5.74, 6) is -1.65. The van der Waals surface area contributed by atoms with E-state index in [2.05, 4.69) is 0 Å². The third-order valence-corrected chi connectivity index (χ3v) is 6.12. The number of hydrogen-bond acceptors (Lipinski definition) is 3. The van der Waals surface area contributed by atoms with Crippen molar-refractivity contribution in [1.29, 1.82) is 0 Å². The van der Waals surface area contributed by atoms with Gasteiger partial charge < -0.3 is 0 Å². The van der Waals surface area contributed by atoms with Crippen molar-refractivity contribution < 1.29 is 14.4 Å². The van der Waals surface area contributed by atoms with Gasteiger partial charge in [-0.25, -0.2) is 0 Å². The average molecular weight is 366 g/mol. The second-order valence-corrected chi connectivity index (χ2v) is 7.67. The average Bonchev–Trinajstić information content (AvgIpc) is 3.38. The Morgan fingerprint density at radius 1 is 0.786 bits per heavy atom. The molecular weight excluding hydrogens is 348 g/mol. The third kappa shape index (κ3) is 2.07. The van der Waals surface area contributed by atoms with Crippen LogP contribution >= 0.6 is 0 Å². The summed E-state index contributed by atoms with van der Waals surface area (Å²) in [7, 11) is 0. The minimum atomic E-state index is -1.30. The van der Waals surface area contributed by atoms with Crippen molar-refractivity contribution in [3.63, 3.8) is 0 Å². The summed E-state index contributed by atoms with van der Waals surface area (Å²) in [6.45, 7) is 1.97. The van der Waals surface area contributed by atoms with Crippen molar-refractivity contribution in [2.75, 3.05) is 0 Å². The molecule has 3 aromatic rings. The predicted octanol–water partition coefficient (Wildman–Crippen LogP) is 4.66. The Morgan fingerprint density at radius 2 is 1.39 bits per heavy atom. The van der Waals surface area contributed by atoms with Gasteiger partial charge in [0.2, 0.25) is 0 Å². The van der Waals surface area contributed by atoms with E-state index in [4.69, 9.17) is 0 Å². The highest BCUT2D eigenvalue weighted by Gasteiger charge is 2.78. The van der Waals surface area contributed by atoms with Gasteiger partial charge in [0.15, 0.2) is 17.3 Å². The lowest BCUT2D eigenvalue weighted by Crippen LogP contribution is -2.23. The first kappa shape index (κ1) is 16.8. The molecule has 0 N–H and O–H groups in total. The van der Waals surface area contributed by atoms with E-state index < -0.39 is 17.3 Å². The van der Waals surface area contributed by atoms with Crippen molar-refractivity contribution in [1.82, 2.24) is 0 Å². The van der Waals surface area contributed by atoms with Crippen LogP contribution in [0.15, 0.2) is 78.9 Å². The quantitative estimate of drug-likeness (QED) is 0.500. The summed E-state index contributed by atoms with van der Waals surface area (Å²) in [4.78, 5) is 40.2. The SMILES string of the molecule is Cc1cccc([C@H]2[C@H](C(=O)c3ccccc3)C23C(=O)c2ccccc2C3=O)c1. The molecule has 0 saturated heterocycles.